The summed E-state index contributed by atoms with van der Waals surface area (Å²) in [6.07, 6.45) is 0. The van der Waals surface area contributed by atoms with Crippen LogP contribution in [0.2, 0.25) is 0 Å². The van der Waals surface area contributed by atoms with Crippen LogP contribution >= 0.6 is 11.8 Å². The first-order valence-electron chi connectivity index (χ1n) is 5.34. The molecule has 0 bridgehead atoms. The van der Waals surface area contributed by atoms with Crippen LogP contribution in [0.4, 0.5) is 0 Å². The van der Waals surface area contributed by atoms with Crippen molar-refractivity contribution in [2.45, 2.75) is 4.90 Å². The van der Waals surface area contributed by atoms with E-state index in [1.54, 1.807) is 11.8 Å². The molecule has 0 aromatic heterocycles. The minimum absolute atomic E-state index is 0.0564. The second-order valence-corrected chi connectivity index (χ2v) is 4.73. The third kappa shape index (κ3) is 1.94. The number of hydrogen-bond acceptors (Lipinski definition) is 3. The molecule has 0 atom stereocenters. The summed E-state index contributed by atoms with van der Waals surface area (Å²) in [5, 5.41) is 0. The molecule has 0 fully saturated rings. The molecule has 0 radical (unpaired) electrons. The van der Waals surface area contributed by atoms with Crippen molar-refractivity contribution in [2.75, 3.05) is 5.94 Å². The summed E-state index contributed by atoms with van der Waals surface area (Å²) in [6, 6.07) is 14.9. The van der Waals surface area contributed by atoms with E-state index in [-0.39, 0.29) is 5.78 Å². The van der Waals surface area contributed by atoms with Crippen LogP contribution < -0.4 is 4.74 Å². The van der Waals surface area contributed by atoms with Crippen molar-refractivity contribution < 1.29 is 9.53 Å². The maximum atomic E-state index is 12.2. The molecule has 3 heteroatoms. The van der Waals surface area contributed by atoms with E-state index in [0.717, 1.165) is 16.2 Å². The van der Waals surface area contributed by atoms with Gasteiger partial charge in [0.15, 0.2) is 5.78 Å². The van der Waals surface area contributed by atoms with Gasteiger partial charge in [-0.1, -0.05) is 42.1 Å². The average molecular weight is 242 g/mol. The molecule has 0 N–H and O–H groups in total. The normalized spacial score (nSPS) is 12.9. The molecule has 2 aromatic carbocycles. The fourth-order valence-electron chi connectivity index (χ4n) is 1.79. The predicted molar refractivity (Wildman–Crippen MR) is 67.7 cm³/mol. The van der Waals surface area contributed by atoms with Crippen molar-refractivity contribution in [2.24, 2.45) is 0 Å². The highest BCUT2D eigenvalue weighted by atomic mass is 32.2. The second-order valence-electron chi connectivity index (χ2n) is 3.76. The first kappa shape index (κ1) is 10.4. The summed E-state index contributed by atoms with van der Waals surface area (Å²) in [6.45, 7) is 0. The Balaban J connectivity index is 1.97. The van der Waals surface area contributed by atoms with Crippen LogP contribution in [-0.4, -0.2) is 11.7 Å². The number of carbonyl (C=O) groups excluding carboxylic acids is 1. The highest BCUT2D eigenvalue weighted by molar-refractivity contribution is 7.99. The largest absolute Gasteiger partial charge is 0.481 e. The third-order valence-electron chi connectivity index (χ3n) is 2.67. The van der Waals surface area contributed by atoms with Crippen molar-refractivity contribution >= 4 is 17.5 Å². The second kappa shape index (κ2) is 4.26. The van der Waals surface area contributed by atoms with E-state index >= 15 is 0 Å². The number of benzene rings is 2. The molecule has 0 spiro atoms. The summed E-state index contributed by atoms with van der Waals surface area (Å²) < 4.78 is 5.39. The Morgan fingerprint density at radius 3 is 2.71 bits per heavy atom. The smallest absolute Gasteiger partial charge is 0.193 e. The Labute approximate surface area is 104 Å². The molecule has 84 valence electrons. The minimum Gasteiger partial charge on any atom is -0.481 e. The lowest BCUT2D eigenvalue weighted by Gasteiger charge is -2.03. The Hall–Kier alpha value is -1.74. The number of thioether (sulfide) groups is 1. The lowest BCUT2D eigenvalue weighted by molar-refractivity contribution is 0.103. The van der Waals surface area contributed by atoms with Gasteiger partial charge in [-0.25, -0.2) is 0 Å². The van der Waals surface area contributed by atoms with Crippen LogP contribution in [0.3, 0.4) is 0 Å². The zero-order valence-electron chi connectivity index (χ0n) is 9.05. The SMILES string of the molecule is O=C(c1ccccc1)c1ccc2c(c1)SCO2. The first-order chi connectivity index (χ1) is 8.34. The van der Waals surface area contributed by atoms with Crippen LogP contribution in [0, 0.1) is 0 Å². The third-order valence-corrected chi connectivity index (χ3v) is 3.54. The molecule has 0 saturated carbocycles. The van der Waals surface area contributed by atoms with E-state index < -0.39 is 0 Å². The lowest BCUT2D eigenvalue weighted by atomic mass is 10.0. The molecular weight excluding hydrogens is 232 g/mol. The number of ketones is 1. The number of hydrogen-bond donors (Lipinski definition) is 0. The molecule has 0 saturated heterocycles. The summed E-state index contributed by atoms with van der Waals surface area (Å²) in [5.74, 6) is 1.57. The maximum absolute atomic E-state index is 12.2. The highest BCUT2D eigenvalue weighted by Gasteiger charge is 2.16. The van der Waals surface area contributed by atoms with E-state index in [1.165, 1.54) is 0 Å². The van der Waals surface area contributed by atoms with Crippen molar-refractivity contribution in [3.63, 3.8) is 0 Å². The summed E-state index contributed by atoms with van der Waals surface area (Å²) in [7, 11) is 0. The van der Waals surface area contributed by atoms with Gasteiger partial charge in [0, 0.05) is 11.1 Å². The number of ether oxygens (including phenoxy) is 1. The lowest BCUT2D eigenvalue weighted by Crippen LogP contribution is -2.00. The zero-order valence-corrected chi connectivity index (χ0v) is 9.87. The molecule has 0 unspecified atom stereocenters. The van der Waals surface area contributed by atoms with Gasteiger partial charge in [0.2, 0.25) is 0 Å². The zero-order chi connectivity index (χ0) is 11.7. The minimum atomic E-state index is 0.0564. The van der Waals surface area contributed by atoms with Gasteiger partial charge >= 0.3 is 0 Å². The topological polar surface area (TPSA) is 26.3 Å². The van der Waals surface area contributed by atoms with Gasteiger partial charge < -0.3 is 4.74 Å². The van der Waals surface area contributed by atoms with Crippen LogP contribution in [0.15, 0.2) is 53.4 Å². The molecule has 2 aromatic rings. The molecule has 17 heavy (non-hydrogen) atoms. The Morgan fingerprint density at radius 1 is 1.06 bits per heavy atom. The molecule has 3 rings (SSSR count). The summed E-state index contributed by atoms with van der Waals surface area (Å²) >= 11 is 1.62. The van der Waals surface area contributed by atoms with Gasteiger partial charge in [0.25, 0.3) is 0 Å². The predicted octanol–water partition coefficient (Wildman–Crippen LogP) is 3.36. The van der Waals surface area contributed by atoms with Crippen molar-refractivity contribution in [1.82, 2.24) is 0 Å². The number of rotatable bonds is 2. The fraction of sp³-hybridized carbons (Fsp3) is 0.0714. The molecule has 1 aliphatic heterocycles. The van der Waals surface area contributed by atoms with E-state index in [2.05, 4.69) is 0 Å². The number of fused-ring (bicyclic) bond motifs is 1. The first-order valence-corrected chi connectivity index (χ1v) is 6.32. The fourth-order valence-corrected chi connectivity index (χ4v) is 2.59. The Bertz CT molecular complexity index is 564. The molecule has 2 nitrogen and oxygen atoms in total. The van der Waals surface area contributed by atoms with Crippen LogP contribution in [0.5, 0.6) is 5.75 Å². The number of carbonyl (C=O) groups is 1. The Morgan fingerprint density at radius 2 is 1.88 bits per heavy atom. The maximum Gasteiger partial charge on any atom is 0.193 e. The van der Waals surface area contributed by atoms with E-state index in [1.807, 2.05) is 48.5 Å². The summed E-state index contributed by atoms with van der Waals surface area (Å²) in [5.41, 5.74) is 1.43. The van der Waals surface area contributed by atoms with Gasteiger partial charge in [-0.05, 0) is 18.2 Å². The highest BCUT2D eigenvalue weighted by Crippen LogP contribution is 2.36. The van der Waals surface area contributed by atoms with E-state index in [4.69, 9.17) is 4.74 Å². The quantitative estimate of drug-likeness (QED) is 0.755. The van der Waals surface area contributed by atoms with Gasteiger partial charge in [-0.15, -0.1) is 0 Å². The molecule has 0 aliphatic carbocycles. The van der Waals surface area contributed by atoms with Crippen molar-refractivity contribution in [1.29, 1.82) is 0 Å². The monoisotopic (exact) mass is 242 g/mol. The summed E-state index contributed by atoms with van der Waals surface area (Å²) in [4.78, 5) is 13.2. The van der Waals surface area contributed by atoms with Gasteiger partial charge in [0.05, 0.1) is 4.90 Å². The molecule has 1 aliphatic rings. The van der Waals surface area contributed by atoms with Crippen LogP contribution in [0.1, 0.15) is 15.9 Å². The molecule has 1 heterocycles. The van der Waals surface area contributed by atoms with Gasteiger partial charge in [0.1, 0.15) is 11.7 Å². The van der Waals surface area contributed by atoms with Gasteiger partial charge in [-0.3, -0.25) is 4.79 Å². The van der Waals surface area contributed by atoms with Crippen LogP contribution in [0.25, 0.3) is 0 Å². The average Bonchev–Trinajstić information content (AvgIpc) is 2.86. The standard InChI is InChI=1S/C14H10O2S/c15-14(10-4-2-1-3-5-10)11-6-7-12-13(8-11)17-9-16-12/h1-8H,9H2. The molecule has 0 amide bonds. The van der Waals surface area contributed by atoms with Crippen LogP contribution in [-0.2, 0) is 0 Å². The van der Waals surface area contributed by atoms with Crippen molar-refractivity contribution in [3.8, 4) is 5.75 Å². The Kier molecular flexibility index (Phi) is 2.61. The van der Waals surface area contributed by atoms with E-state index in [0.29, 0.717) is 11.5 Å². The molecular formula is C14H10O2S. The van der Waals surface area contributed by atoms with E-state index in [9.17, 15) is 4.79 Å². The van der Waals surface area contributed by atoms with Crippen molar-refractivity contribution in [3.05, 3.63) is 59.7 Å². The van der Waals surface area contributed by atoms with Gasteiger partial charge in [-0.2, -0.15) is 0 Å².